The Balaban J connectivity index is 1.40. The molecule has 16 heteroatoms. The lowest BCUT2D eigenvalue weighted by Crippen LogP contribution is -2.58. The number of aliphatic hydroxyl groups excluding tert-OH is 1. The first kappa shape index (κ1) is 41.7. The highest BCUT2D eigenvalue weighted by Crippen LogP contribution is 2.29. The Labute approximate surface area is 303 Å². The topological polar surface area (TPSA) is 189 Å². The Morgan fingerprint density at radius 3 is 2.12 bits per heavy atom. The van der Waals surface area contributed by atoms with E-state index in [9.17, 15) is 24.3 Å². The molecule has 1 saturated heterocycles. The number of rotatable bonds is 20. The van der Waals surface area contributed by atoms with Crippen LogP contribution in [0, 0.1) is 12.3 Å². The van der Waals surface area contributed by atoms with Crippen LogP contribution in [0.2, 0.25) is 0 Å². The molecule has 0 bridgehead atoms. The number of nitrogens with one attached hydrogen (secondary N) is 2. The Kier molecular flexibility index (Phi) is 16.7. The molecule has 284 valence electrons. The second kappa shape index (κ2) is 20.4. The molecule has 0 spiro atoms. The molecular formula is C35H53N5O10S. The predicted octanol–water partition coefficient (Wildman–Crippen LogP) is 2.46. The number of hydrogen-bond donors (Lipinski definition) is 4. The van der Waals surface area contributed by atoms with Gasteiger partial charge in [0, 0.05) is 26.6 Å². The molecule has 2 heterocycles. The van der Waals surface area contributed by atoms with E-state index in [1.54, 1.807) is 11.3 Å². The summed E-state index contributed by atoms with van der Waals surface area (Å²) in [6.45, 7) is 11.2. The molecule has 1 fully saturated rings. The Bertz CT molecular complexity index is 1420. The molecule has 1 aliphatic rings. The lowest BCUT2D eigenvalue weighted by atomic mass is 9.85. The van der Waals surface area contributed by atoms with Gasteiger partial charge in [-0.05, 0) is 30.4 Å². The fourth-order valence-electron chi connectivity index (χ4n) is 5.34. The summed E-state index contributed by atoms with van der Waals surface area (Å²) >= 11 is 1.57. The zero-order valence-corrected chi connectivity index (χ0v) is 31.2. The smallest absolute Gasteiger partial charge is 0.407 e. The quantitative estimate of drug-likeness (QED) is 0.146. The predicted molar refractivity (Wildman–Crippen MR) is 190 cm³/mol. The molecule has 3 rings (SSSR count). The number of ether oxygens (including phenoxy) is 4. The van der Waals surface area contributed by atoms with Gasteiger partial charge in [-0.25, -0.2) is 9.78 Å². The number of aryl methyl sites for hydroxylation is 1. The normalized spacial score (nSPS) is 17.2. The number of amides is 4. The van der Waals surface area contributed by atoms with Gasteiger partial charge in [-0.1, -0.05) is 45.0 Å². The highest BCUT2D eigenvalue weighted by atomic mass is 32.1. The van der Waals surface area contributed by atoms with Crippen LogP contribution >= 0.6 is 11.3 Å². The molecule has 0 aliphatic carbocycles. The number of aliphatic hydroxyl groups is 1. The van der Waals surface area contributed by atoms with Crippen LogP contribution in [0.15, 0.2) is 29.8 Å². The van der Waals surface area contributed by atoms with Crippen molar-refractivity contribution < 1.29 is 48.3 Å². The molecule has 4 amide bonds. The largest absolute Gasteiger partial charge is 0.465 e. The third kappa shape index (κ3) is 13.4. The number of carboxylic acid groups (broad SMARTS) is 1. The van der Waals surface area contributed by atoms with Crippen LogP contribution in [0.25, 0.3) is 10.4 Å². The van der Waals surface area contributed by atoms with Crippen molar-refractivity contribution in [3.05, 3.63) is 41.0 Å². The van der Waals surface area contributed by atoms with Crippen LogP contribution in [-0.4, -0.2) is 140 Å². The minimum absolute atomic E-state index is 0.0222. The second-order valence-corrected chi connectivity index (χ2v) is 14.3. The van der Waals surface area contributed by atoms with E-state index in [0.717, 1.165) is 26.6 Å². The summed E-state index contributed by atoms with van der Waals surface area (Å²) in [5.74, 6) is -1.32. The van der Waals surface area contributed by atoms with Crippen LogP contribution in [0.4, 0.5) is 4.79 Å². The number of benzene rings is 1. The molecule has 1 aliphatic heterocycles. The number of aromatic nitrogens is 1. The van der Waals surface area contributed by atoms with E-state index in [4.69, 9.17) is 24.1 Å². The first-order chi connectivity index (χ1) is 24.2. The molecule has 0 saturated carbocycles. The monoisotopic (exact) mass is 735 g/mol. The third-order valence-corrected chi connectivity index (χ3v) is 9.28. The van der Waals surface area contributed by atoms with Crippen LogP contribution in [0.1, 0.15) is 51.4 Å². The maximum atomic E-state index is 13.9. The van der Waals surface area contributed by atoms with Crippen LogP contribution in [0.5, 0.6) is 0 Å². The van der Waals surface area contributed by atoms with E-state index >= 15 is 0 Å². The summed E-state index contributed by atoms with van der Waals surface area (Å²) in [7, 11) is 1.47. The first-order valence-electron chi connectivity index (χ1n) is 17.0. The maximum Gasteiger partial charge on any atom is 0.407 e. The van der Waals surface area contributed by atoms with Crippen molar-refractivity contribution >= 4 is 35.2 Å². The highest BCUT2D eigenvalue weighted by molar-refractivity contribution is 7.13. The van der Waals surface area contributed by atoms with Crippen molar-refractivity contribution in [2.75, 3.05) is 73.0 Å². The van der Waals surface area contributed by atoms with E-state index < -0.39 is 41.5 Å². The van der Waals surface area contributed by atoms with E-state index in [0.29, 0.717) is 26.4 Å². The summed E-state index contributed by atoms with van der Waals surface area (Å²) < 4.78 is 21.6. The Morgan fingerprint density at radius 1 is 0.980 bits per heavy atom. The van der Waals surface area contributed by atoms with Crippen molar-refractivity contribution in [2.45, 2.75) is 65.3 Å². The van der Waals surface area contributed by atoms with Gasteiger partial charge in [0.2, 0.25) is 17.7 Å². The molecule has 1 aromatic carbocycles. The van der Waals surface area contributed by atoms with Crippen molar-refractivity contribution in [3.63, 3.8) is 0 Å². The van der Waals surface area contributed by atoms with Crippen LogP contribution < -0.4 is 10.6 Å². The average Bonchev–Trinajstić information content (AvgIpc) is 3.69. The number of β-amino-alcohol motifs (C(OH)–C–C–N with tert-alkyl or cyclic N) is 1. The van der Waals surface area contributed by atoms with Crippen LogP contribution in [-0.2, 0) is 33.3 Å². The number of thiazole rings is 1. The average molecular weight is 736 g/mol. The molecule has 15 nitrogen and oxygen atoms in total. The summed E-state index contributed by atoms with van der Waals surface area (Å²) in [6, 6.07) is 5.68. The molecule has 2 aromatic rings. The molecule has 0 radical (unpaired) electrons. The lowest BCUT2D eigenvalue weighted by Gasteiger charge is -2.35. The van der Waals surface area contributed by atoms with Crippen molar-refractivity contribution in [1.29, 1.82) is 0 Å². The number of likely N-dealkylation sites (N-methyl/N-ethyl adjacent to an activating group) is 1. The van der Waals surface area contributed by atoms with Gasteiger partial charge in [0.1, 0.15) is 18.7 Å². The lowest BCUT2D eigenvalue weighted by molar-refractivity contribution is -0.144. The van der Waals surface area contributed by atoms with Gasteiger partial charge >= 0.3 is 6.09 Å². The molecule has 4 N–H and O–H groups in total. The zero-order valence-electron chi connectivity index (χ0n) is 30.4. The van der Waals surface area contributed by atoms with E-state index in [-0.39, 0.29) is 57.9 Å². The van der Waals surface area contributed by atoms with Crippen LogP contribution in [0.3, 0.4) is 0 Å². The van der Waals surface area contributed by atoms with Gasteiger partial charge in [-0.15, -0.1) is 11.3 Å². The molecule has 1 aromatic heterocycles. The first-order valence-corrected chi connectivity index (χ1v) is 17.9. The van der Waals surface area contributed by atoms with E-state index in [1.807, 2.05) is 64.4 Å². The maximum absolute atomic E-state index is 13.9. The van der Waals surface area contributed by atoms with Gasteiger partial charge < -0.3 is 49.6 Å². The van der Waals surface area contributed by atoms with Crippen molar-refractivity contribution in [3.8, 4) is 10.4 Å². The SMILES string of the molecule is Cc1ncsc1-c1ccc([C@H](C)NC(=O)[C@@H]2C[C@@H](O)CN2C(=O)[C@@H](NC(=O)COCCOCCOCCOCCN(C)C(=O)O)C(C)(C)C)cc1. The Morgan fingerprint density at radius 2 is 1.57 bits per heavy atom. The van der Waals surface area contributed by atoms with Gasteiger partial charge in [-0.3, -0.25) is 14.4 Å². The second-order valence-electron chi connectivity index (χ2n) is 13.5. The van der Waals surface area contributed by atoms with Gasteiger partial charge in [0.15, 0.2) is 0 Å². The third-order valence-electron chi connectivity index (χ3n) is 8.31. The fourth-order valence-corrected chi connectivity index (χ4v) is 6.15. The van der Waals surface area contributed by atoms with Gasteiger partial charge in [-0.2, -0.15) is 0 Å². The summed E-state index contributed by atoms with van der Waals surface area (Å²) in [5, 5.41) is 25.1. The van der Waals surface area contributed by atoms with Gasteiger partial charge in [0.05, 0.1) is 74.5 Å². The fraction of sp³-hybridized carbons (Fsp3) is 0.629. The number of likely N-dealkylation sites (tertiary alicyclic amines) is 1. The summed E-state index contributed by atoms with van der Waals surface area (Å²) in [5.41, 5.74) is 4.01. The summed E-state index contributed by atoms with van der Waals surface area (Å²) in [6.07, 6.45) is -1.80. The van der Waals surface area contributed by atoms with Gasteiger partial charge in [0.25, 0.3) is 0 Å². The molecular weight excluding hydrogens is 682 g/mol. The highest BCUT2D eigenvalue weighted by Gasteiger charge is 2.44. The number of hydrogen-bond acceptors (Lipinski definition) is 11. The minimum atomic E-state index is -1.01. The van der Waals surface area contributed by atoms with Crippen molar-refractivity contribution in [1.82, 2.24) is 25.4 Å². The summed E-state index contributed by atoms with van der Waals surface area (Å²) in [4.78, 5) is 58.8. The molecule has 0 unspecified atom stereocenters. The zero-order chi connectivity index (χ0) is 37.6. The molecule has 4 atom stereocenters. The number of carbonyl (C=O) groups excluding carboxylic acids is 3. The molecule has 51 heavy (non-hydrogen) atoms. The van der Waals surface area contributed by atoms with E-state index in [2.05, 4.69) is 15.6 Å². The van der Waals surface area contributed by atoms with E-state index in [1.165, 1.54) is 11.9 Å². The van der Waals surface area contributed by atoms with Crippen molar-refractivity contribution in [2.24, 2.45) is 5.41 Å². The Hall–Kier alpha value is -3.67. The number of nitrogens with zero attached hydrogens (tertiary/aromatic N) is 3. The number of carbonyl (C=O) groups is 4. The minimum Gasteiger partial charge on any atom is -0.465 e. The standard InChI is InChI=1S/C35H53N5O10S/c1-23(25-7-9-26(10-8-25)30-24(2)36-22-51-30)37-32(43)28-19-27(41)20-40(28)33(44)31(35(3,4)5)38-29(42)21-50-18-17-49-16-15-48-14-13-47-12-11-39(6)34(45)46/h7-10,22-23,27-28,31,41H,11-21H2,1-6H3,(H,37,43)(H,38,42)(H,45,46)/t23-,27+,28-,31+/m0/s1.